The molecule has 3 saturated carbocycles. The van der Waals surface area contributed by atoms with Gasteiger partial charge in [0.15, 0.2) is 5.78 Å². The molecule has 3 rings (SSSR count). The average molecular weight is 322 g/mol. The monoisotopic (exact) mass is 322 g/mol. The van der Waals surface area contributed by atoms with Gasteiger partial charge in [-0.15, -0.1) is 0 Å². The van der Waals surface area contributed by atoms with E-state index in [-0.39, 0.29) is 23.5 Å². The fourth-order valence-electron chi connectivity index (χ4n) is 5.21. The van der Waals surface area contributed by atoms with Gasteiger partial charge >= 0.3 is 0 Å². The fourth-order valence-corrected chi connectivity index (χ4v) is 5.21. The summed E-state index contributed by atoms with van der Waals surface area (Å²) in [5.74, 6) is 0.357. The number of aliphatic hydroxyl groups is 2. The van der Waals surface area contributed by atoms with E-state index in [4.69, 9.17) is 4.74 Å². The van der Waals surface area contributed by atoms with Crippen LogP contribution in [0.15, 0.2) is 12.2 Å². The van der Waals surface area contributed by atoms with Crippen molar-refractivity contribution >= 4 is 5.78 Å². The van der Waals surface area contributed by atoms with E-state index in [2.05, 4.69) is 0 Å². The van der Waals surface area contributed by atoms with E-state index in [1.165, 1.54) is 19.3 Å². The summed E-state index contributed by atoms with van der Waals surface area (Å²) in [7, 11) is 1.60. The molecule has 0 aromatic carbocycles. The van der Waals surface area contributed by atoms with Gasteiger partial charge in [-0.2, -0.15) is 0 Å². The molecule has 0 bridgehead atoms. The lowest BCUT2D eigenvalue weighted by atomic mass is 9.50. The normalized spacial score (nSPS) is 43.2. The van der Waals surface area contributed by atoms with Crippen molar-refractivity contribution in [2.45, 2.75) is 69.7 Å². The first-order chi connectivity index (χ1) is 11.0. The Bertz CT molecular complexity index is 468. The SMILES string of the molecule is CO[C@]12CC[C@@H](O)[C@H](/C=C/[C@@H](O)C3CCCCC3)[C@H]1C(C)C2=O. The summed E-state index contributed by atoms with van der Waals surface area (Å²) in [5.41, 5.74) is -0.705. The summed E-state index contributed by atoms with van der Waals surface area (Å²) in [6.45, 7) is 1.93. The van der Waals surface area contributed by atoms with E-state index in [1.54, 1.807) is 7.11 Å². The topological polar surface area (TPSA) is 66.8 Å². The molecule has 0 spiro atoms. The highest BCUT2D eigenvalue weighted by Crippen LogP contribution is 2.54. The molecule has 4 heteroatoms. The number of rotatable bonds is 4. The zero-order chi connectivity index (χ0) is 16.6. The van der Waals surface area contributed by atoms with Crippen LogP contribution in [0.1, 0.15) is 51.9 Å². The first-order valence-electron chi connectivity index (χ1n) is 9.15. The van der Waals surface area contributed by atoms with Crippen molar-refractivity contribution in [3.8, 4) is 0 Å². The predicted octanol–water partition coefficient (Wildman–Crippen LogP) is 2.47. The maximum absolute atomic E-state index is 12.3. The number of ether oxygens (including phenoxy) is 1. The van der Waals surface area contributed by atoms with E-state index >= 15 is 0 Å². The van der Waals surface area contributed by atoms with Crippen molar-refractivity contribution < 1.29 is 19.7 Å². The van der Waals surface area contributed by atoms with Crippen LogP contribution < -0.4 is 0 Å². The molecule has 0 aliphatic heterocycles. The number of aliphatic hydroxyl groups excluding tert-OH is 2. The van der Waals surface area contributed by atoms with Crippen LogP contribution in [0.2, 0.25) is 0 Å². The van der Waals surface area contributed by atoms with Crippen molar-refractivity contribution in [3.63, 3.8) is 0 Å². The average Bonchev–Trinajstić information content (AvgIpc) is 2.60. The highest BCUT2D eigenvalue weighted by Gasteiger charge is 2.65. The molecule has 0 heterocycles. The van der Waals surface area contributed by atoms with Crippen LogP contribution in [0.25, 0.3) is 0 Å². The van der Waals surface area contributed by atoms with Crippen LogP contribution in [0.4, 0.5) is 0 Å². The van der Waals surface area contributed by atoms with E-state index in [0.717, 1.165) is 12.8 Å². The third kappa shape index (κ3) is 2.79. The molecule has 6 atom stereocenters. The Labute approximate surface area is 138 Å². The highest BCUT2D eigenvalue weighted by atomic mass is 16.5. The minimum Gasteiger partial charge on any atom is -0.393 e. The molecule has 0 aromatic rings. The van der Waals surface area contributed by atoms with Crippen molar-refractivity contribution in [2.24, 2.45) is 23.7 Å². The first kappa shape index (κ1) is 17.1. The molecular formula is C19H30O4. The second kappa shape index (κ2) is 6.66. The van der Waals surface area contributed by atoms with Gasteiger partial charge in [-0.1, -0.05) is 38.3 Å². The summed E-state index contributed by atoms with van der Waals surface area (Å²) < 4.78 is 5.61. The molecule has 0 saturated heterocycles. The highest BCUT2D eigenvalue weighted by molar-refractivity contribution is 5.96. The molecule has 4 nitrogen and oxygen atoms in total. The first-order valence-corrected chi connectivity index (χ1v) is 9.15. The standard InChI is InChI=1S/C19H30O4/c1-12-17-14(8-9-15(20)13-6-4-3-5-7-13)16(21)10-11-19(17,23-2)18(12)22/h8-9,12-17,20-21H,3-7,10-11H2,1-2H3/b9-8+/t12?,14-,15+,16+,17+,19+/m0/s1. The Morgan fingerprint density at radius 2 is 1.96 bits per heavy atom. The van der Waals surface area contributed by atoms with Crippen LogP contribution in [-0.2, 0) is 9.53 Å². The molecule has 3 aliphatic carbocycles. The zero-order valence-corrected chi connectivity index (χ0v) is 14.3. The molecule has 0 amide bonds. The lowest BCUT2D eigenvalue weighted by Crippen LogP contribution is -2.69. The molecule has 3 fully saturated rings. The van der Waals surface area contributed by atoms with Gasteiger partial charge in [-0.25, -0.2) is 0 Å². The summed E-state index contributed by atoms with van der Waals surface area (Å²) in [5, 5.41) is 20.9. The molecule has 2 N–H and O–H groups in total. The molecule has 23 heavy (non-hydrogen) atoms. The Morgan fingerprint density at radius 1 is 1.26 bits per heavy atom. The number of ketones is 1. The summed E-state index contributed by atoms with van der Waals surface area (Å²) in [4.78, 5) is 12.3. The number of carbonyl (C=O) groups excluding carboxylic acids is 1. The molecule has 3 aliphatic rings. The zero-order valence-electron chi connectivity index (χ0n) is 14.3. The Kier molecular flexibility index (Phi) is 4.96. The van der Waals surface area contributed by atoms with E-state index < -0.39 is 17.8 Å². The van der Waals surface area contributed by atoms with Gasteiger partial charge in [0, 0.05) is 24.9 Å². The van der Waals surface area contributed by atoms with Crippen molar-refractivity contribution in [1.82, 2.24) is 0 Å². The van der Waals surface area contributed by atoms with Gasteiger partial charge in [0.05, 0.1) is 12.2 Å². The number of fused-ring (bicyclic) bond motifs is 1. The summed E-state index contributed by atoms with van der Waals surface area (Å²) in [6, 6.07) is 0. The van der Waals surface area contributed by atoms with Gasteiger partial charge in [-0.05, 0) is 31.6 Å². The van der Waals surface area contributed by atoms with Crippen LogP contribution >= 0.6 is 0 Å². The van der Waals surface area contributed by atoms with Crippen LogP contribution in [0.5, 0.6) is 0 Å². The molecule has 130 valence electrons. The van der Waals surface area contributed by atoms with Gasteiger partial charge in [-0.3, -0.25) is 4.79 Å². The van der Waals surface area contributed by atoms with Gasteiger partial charge in [0.25, 0.3) is 0 Å². The number of carbonyl (C=O) groups is 1. The van der Waals surface area contributed by atoms with Crippen molar-refractivity contribution in [3.05, 3.63) is 12.2 Å². The Morgan fingerprint density at radius 3 is 2.61 bits per heavy atom. The molecule has 0 aromatic heterocycles. The maximum atomic E-state index is 12.3. The lowest BCUT2D eigenvalue weighted by molar-refractivity contribution is -0.206. The summed E-state index contributed by atoms with van der Waals surface area (Å²) in [6.07, 6.45) is 9.96. The predicted molar refractivity (Wildman–Crippen MR) is 87.9 cm³/mol. The number of Topliss-reactive ketones (excluding diaryl/α,β-unsaturated/α-hetero) is 1. The summed E-state index contributed by atoms with van der Waals surface area (Å²) >= 11 is 0. The van der Waals surface area contributed by atoms with E-state index in [1.807, 2.05) is 19.1 Å². The number of methoxy groups -OCH3 is 1. The van der Waals surface area contributed by atoms with E-state index in [9.17, 15) is 15.0 Å². The van der Waals surface area contributed by atoms with Crippen molar-refractivity contribution in [2.75, 3.05) is 7.11 Å². The van der Waals surface area contributed by atoms with Crippen molar-refractivity contribution in [1.29, 1.82) is 0 Å². The molecule has 0 radical (unpaired) electrons. The minimum atomic E-state index is -0.705. The van der Waals surface area contributed by atoms with E-state index in [0.29, 0.717) is 18.8 Å². The quantitative estimate of drug-likeness (QED) is 0.780. The van der Waals surface area contributed by atoms with Crippen LogP contribution in [0.3, 0.4) is 0 Å². The van der Waals surface area contributed by atoms with Crippen LogP contribution in [-0.4, -0.2) is 40.9 Å². The maximum Gasteiger partial charge on any atom is 0.168 e. The minimum absolute atomic E-state index is 0.0264. The fraction of sp³-hybridized carbons (Fsp3) is 0.842. The number of hydrogen-bond acceptors (Lipinski definition) is 4. The van der Waals surface area contributed by atoms with Gasteiger partial charge < -0.3 is 14.9 Å². The number of hydrogen-bond donors (Lipinski definition) is 2. The third-order valence-corrected chi connectivity index (χ3v) is 6.61. The smallest absolute Gasteiger partial charge is 0.168 e. The second-order valence-corrected chi connectivity index (χ2v) is 7.73. The molecular weight excluding hydrogens is 292 g/mol. The third-order valence-electron chi connectivity index (χ3n) is 6.61. The van der Waals surface area contributed by atoms with Gasteiger partial charge in [0.2, 0.25) is 0 Å². The lowest BCUT2D eigenvalue weighted by Gasteiger charge is -2.57. The second-order valence-electron chi connectivity index (χ2n) is 7.73. The Hall–Kier alpha value is -0.710. The van der Waals surface area contributed by atoms with Crippen LogP contribution in [0, 0.1) is 23.7 Å². The van der Waals surface area contributed by atoms with Gasteiger partial charge in [0.1, 0.15) is 5.60 Å². The largest absolute Gasteiger partial charge is 0.393 e. The Balaban J connectivity index is 1.72. The molecule has 1 unspecified atom stereocenters.